The molecule has 2 heterocycles. The molecule has 2 aromatic carbocycles. The molecule has 6 nitrogen and oxygen atoms in total. The zero-order chi connectivity index (χ0) is 21.3. The number of fused-ring (bicyclic) bond motifs is 1. The second-order valence-electron chi connectivity index (χ2n) is 7.21. The van der Waals surface area contributed by atoms with E-state index in [9.17, 15) is 22.8 Å². The molecule has 4 rings (SSSR count). The summed E-state index contributed by atoms with van der Waals surface area (Å²) in [7, 11) is 0. The molecule has 0 bridgehead atoms. The largest absolute Gasteiger partial charge is 0.491 e. The van der Waals surface area contributed by atoms with Gasteiger partial charge in [-0.05, 0) is 36.8 Å². The SMILES string of the molecule is O=C1CC(C(=O)Nc2cc(Oc3ccc(C(F)(F)F)cc3)cc3c2OCC3)CCN1. The Balaban J connectivity index is 1.54. The minimum atomic E-state index is -4.42. The van der Waals surface area contributed by atoms with Crippen LogP contribution in [0.3, 0.4) is 0 Å². The van der Waals surface area contributed by atoms with E-state index in [-0.39, 0.29) is 24.0 Å². The van der Waals surface area contributed by atoms with Crippen LogP contribution in [0.4, 0.5) is 18.9 Å². The zero-order valence-electron chi connectivity index (χ0n) is 15.8. The monoisotopic (exact) mass is 420 g/mol. The van der Waals surface area contributed by atoms with Crippen molar-refractivity contribution in [2.75, 3.05) is 18.5 Å². The summed E-state index contributed by atoms with van der Waals surface area (Å²) in [6.45, 7) is 0.899. The minimum absolute atomic E-state index is 0.122. The van der Waals surface area contributed by atoms with E-state index in [0.717, 1.165) is 17.7 Å². The third-order valence-corrected chi connectivity index (χ3v) is 5.05. The quantitative estimate of drug-likeness (QED) is 0.787. The van der Waals surface area contributed by atoms with Crippen LogP contribution in [0.2, 0.25) is 0 Å². The number of carbonyl (C=O) groups excluding carboxylic acids is 2. The van der Waals surface area contributed by atoms with Crippen LogP contribution in [0.15, 0.2) is 36.4 Å². The molecule has 2 aromatic rings. The summed E-state index contributed by atoms with van der Waals surface area (Å²) >= 11 is 0. The third kappa shape index (κ3) is 4.34. The first-order valence-corrected chi connectivity index (χ1v) is 9.52. The maximum atomic E-state index is 12.7. The molecule has 1 fully saturated rings. The number of piperidine rings is 1. The van der Waals surface area contributed by atoms with E-state index in [2.05, 4.69) is 10.6 Å². The van der Waals surface area contributed by atoms with Gasteiger partial charge in [-0.1, -0.05) is 0 Å². The van der Waals surface area contributed by atoms with Gasteiger partial charge in [0.05, 0.1) is 17.9 Å². The number of ether oxygens (including phenoxy) is 2. The number of rotatable bonds is 4. The maximum absolute atomic E-state index is 12.7. The molecule has 2 aliphatic heterocycles. The predicted molar refractivity (Wildman–Crippen MR) is 102 cm³/mol. The molecular weight excluding hydrogens is 401 g/mol. The number of anilines is 1. The van der Waals surface area contributed by atoms with Crippen LogP contribution < -0.4 is 20.1 Å². The molecule has 158 valence electrons. The van der Waals surface area contributed by atoms with Crippen molar-refractivity contribution in [1.82, 2.24) is 5.32 Å². The molecule has 0 spiro atoms. The Bertz CT molecular complexity index is 973. The van der Waals surface area contributed by atoms with Gasteiger partial charge in [0.1, 0.15) is 17.2 Å². The lowest BCUT2D eigenvalue weighted by molar-refractivity contribution is -0.137. The van der Waals surface area contributed by atoms with Crippen LogP contribution in [0, 0.1) is 5.92 Å². The molecule has 1 atom stereocenters. The molecule has 9 heteroatoms. The lowest BCUT2D eigenvalue weighted by Gasteiger charge is -2.22. The number of hydrogen-bond donors (Lipinski definition) is 2. The summed E-state index contributed by atoms with van der Waals surface area (Å²) in [6.07, 6.45) is -3.13. The van der Waals surface area contributed by atoms with Crippen molar-refractivity contribution in [3.8, 4) is 17.2 Å². The van der Waals surface area contributed by atoms with Gasteiger partial charge < -0.3 is 20.1 Å². The van der Waals surface area contributed by atoms with Gasteiger partial charge in [0.25, 0.3) is 0 Å². The average molecular weight is 420 g/mol. The molecular formula is C21H19F3N2O4. The lowest BCUT2D eigenvalue weighted by atomic mass is 9.96. The Morgan fingerprint density at radius 3 is 2.63 bits per heavy atom. The van der Waals surface area contributed by atoms with Crippen LogP contribution in [0.1, 0.15) is 24.0 Å². The Kier molecular flexibility index (Phi) is 5.27. The van der Waals surface area contributed by atoms with Crippen molar-refractivity contribution in [2.45, 2.75) is 25.4 Å². The van der Waals surface area contributed by atoms with Crippen molar-refractivity contribution in [1.29, 1.82) is 0 Å². The van der Waals surface area contributed by atoms with Crippen LogP contribution in [0.25, 0.3) is 0 Å². The van der Waals surface area contributed by atoms with E-state index < -0.39 is 17.7 Å². The third-order valence-electron chi connectivity index (χ3n) is 5.05. The Labute approximate surface area is 170 Å². The maximum Gasteiger partial charge on any atom is 0.416 e. The Morgan fingerprint density at radius 1 is 1.17 bits per heavy atom. The first-order valence-electron chi connectivity index (χ1n) is 9.52. The first-order chi connectivity index (χ1) is 14.3. The number of carbonyl (C=O) groups is 2. The smallest absolute Gasteiger partial charge is 0.416 e. The zero-order valence-corrected chi connectivity index (χ0v) is 15.8. The van der Waals surface area contributed by atoms with E-state index >= 15 is 0 Å². The normalized spacial score (nSPS) is 18.2. The molecule has 2 amide bonds. The molecule has 0 aliphatic carbocycles. The molecule has 1 unspecified atom stereocenters. The van der Waals surface area contributed by atoms with Gasteiger partial charge in [0.2, 0.25) is 11.8 Å². The second kappa shape index (κ2) is 7.89. The highest BCUT2D eigenvalue weighted by molar-refractivity contribution is 5.97. The van der Waals surface area contributed by atoms with Gasteiger partial charge in [-0.25, -0.2) is 0 Å². The summed E-state index contributed by atoms with van der Waals surface area (Å²) in [5.41, 5.74) is 0.487. The summed E-state index contributed by atoms with van der Waals surface area (Å²) in [5, 5.41) is 5.50. The van der Waals surface area contributed by atoms with Crippen molar-refractivity contribution in [3.05, 3.63) is 47.5 Å². The van der Waals surface area contributed by atoms with Gasteiger partial charge in [-0.3, -0.25) is 9.59 Å². The fraction of sp³-hybridized carbons (Fsp3) is 0.333. The minimum Gasteiger partial charge on any atom is -0.491 e. The van der Waals surface area contributed by atoms with Crippen LogP contribution in [-0.4, -0.2) is 25.0 Å². The fourth-order valence-electron chi connectivity index (χ4n) is 3.52. The summed E-state index contributed by atoms with van der Waals surface area (Å²) < 4.78 is 49.5. The number of benzene rings is 2. The fourth-order valence-corrected chi connectivity index (χ4v) is 3.52. The number of halogens is 3. The van der Waals surface area contributed by atoms with Crippen molar-refractivity contribution < 1.29 is 32.2 Å². The van der Waals surface area contributed by atoms with Crippen molar-refractivity contribution in [2.24, 2.45) is 5.92 Å². The number of hydrogen-bond acceptors (Lipinski definition) is 4. The molecule has 30 heavy (non-hydrogen) atoms. The molecule has 2 N–H and O–H groups in total. The van der Waals surface area contributed by atoms with Crippen LogP contribution in [0.5, 0.6) is 17.2 Å². The number of nitrogens with one attached hydrogen (secondary N) is 2. The second-order valence-corrected chi connectivity index (χ2v) is 7.21. The van der Waals surface area contributed by atoms with Crippen molar-refractivity contribution >= 4 is 17.5 Å². The van der Waals surface area contributed by atoms with Gasteiger partial charge in [-0.15, -0.1) is 0 Å². The van der Waals surface area contributed by atoms with Gasteiger partial charge in [-0.2, -0.15) is 13.2 Å². The standard InChI is InChI=1S/C21H19F3N2O4/c22-21(23,24)14-1-3-15(4-2-14)30-16-9-12-6-8-29-19(12)17(11-16)26-20(28)13-5-7-25-18(27)10-13/h1-4,9,11,13H,5-8,10H2,(H,25,27)(H,26,28). The Morgan fingerprint density at radius 2 is 1.93 bits per heavy atom. The average Bonchev–Trinajstić information content (AvgIpc) is 3.16. The Hall–Kier alpha value is -3.23. The van der Waals surface area contributed by atoms with Gasteiger partial charge in [0, 0.05) is 36.9 Å². The van der Waals surface area contributed by atoms with Crippen molar-refractivity contribution in [3.63, 3.8) is 0 Å². The molecule has 0 saturated carbocycles. The van der Waals surface area contributed by atoms with E-state index in [4.69, 9.17) is 9.47 Å². The highest BCUT2D eigenvalue weighted by Gasteiger charge is 2.30. The van der Waals surface area contributed by atoms with Crippen LogP contribution in [-0.2, 0) is 22.2 Å². The molecule has 0 aromatic heterocycles. The molecule has 0 radical (unpaired) electrons. The molecule has 2 aliphatic rings. The van der Waals surface area contributed by atoms with Gasteiger partial charge >= 0.3 is 6.18 Å². The van der Waals surface area contributed by atoms with E-state index in [0.29, 0.717) is 43.2 Å². The number of amides is 2. The lowest BCUT2D eigenvalue weighted by Crippen LogP contribution is -2.38. The van der Waals surface area contributed by atoms with E-state index in [1.807, 2.05) is 0 Å². The summed E-state index contributed by atoms with van der Waals surface area (Å²) in [6, 6.07) is 7.69. The highest BCUT2D eigenvalue weighted by Crippen LogP contribution is 2.40. The van der Waals surface area contributed by atoms with E-state index in [1.165, 1.54) is 12.1 Å². The summed E-state index contributed by atoms with van der Waals surface area (Å²) in [5.74, 6) is 0.272. The van der Waals surface area contributed by atoms with Gasteiger partial charge in [0.15, 0.2) is 0 Å². The topological polar surface area (TPSA) is 76.7 Å². The number of alkyl halides is 3. The van der Waals surface area contributed by atoms with E-state index in [1.54, 1.807) is 12.1 Å². The summed E-state index contributed by atoms with van der Waals surface area (Å²) in [4.78, 5) is 24.2. The first kappa shape index (κ1) is 20.1. The molecule has 1 saturated heterocycles. The van der Waals surface area contributed by atoms with Crippen LogP contribution >= 0.6 is 0 Å². The predicted octanol–water partition coefficient (Wildman–Crippen LogP) is 3.90. The highest BCUT2D eigenvalue weighted by atomic mass is 19.4.